The van der Waals surface area contributed by atoms with Crippen LogP contribution < -0.4 is 16.8 Å². The van der Waals surface area contributed by atoms with Crippen LogP contribution in [0.5, 0.6) is 0 Å². The molecule has 6 nitrogen and oxygen atoms in total. The van der Waals surface area contributed by atoms with Crippen molar-refractivity contribution in [2.45, 2.75) is 18.4 Å². The highest BCUT2D eigenvalue weighted by Crippen LogP contribution is 2.24. The minimum Gasteiger partial charge on any atom is -0.381 e. The number of hydrogen-bond donors (Lipinski definition) is 3. The third-order valence-electron chi connectivity index (χ3n) is 3.28. The molecular formula is C12H18N4O2. The number of carbonyl (C=O) groups is 1. The molecule has 0 spiro atoms. The van der Waals surface area contributed by atoms with Gasteiger partial charge in [-0.15, -0.1) is 0 Å². The summed E-state index contributed by atoms with van der Waals surface area (Å²) in [5, 5.41) is 3.34. The zero-order chi connectivity index (χ0) is 13.0. The first-order valence-electron chi connectivity index (χ1n) is 5.97. The lowest BCUT2D eigenvalue weighted by Crippen LogP contribution is -2.49. The van der Waals surface area contributed by atoms with E-state index in [9.17, 15) is 4.79 Å². The Morgan fingerprint density at radius 3 is 2.67 bits per heavy atom. The van der Waals surface area contributed by atoms with Crippen molar-refractivity contribution in [2.24, 2.45) is 11.5 Å². The standard InChI is InChI=1S/C12H18N4O2/c13-8-12(3-5-18-6-4-12)16-10-2-1-9(7-15-10)11(14)17/h1-2,7H,3-6,8,13H2,(H2,14,17)(H,15,16). The monoisotopic (exact) mass is 250 g/mol. The predicted octanol–water partition coefficient (Wildman–Crippen LogP) is 0.100. The Labute approximate surface area is 106 Å². The highest BCUT2D eigenvalue weighted by Gasteiger charge is 2.31. The molecule has 1 fully saturated rings. The summed E-state index contributed by atoms with van der Waals surface area (Å²) in [6, 6.07) is 3.40. The molecule has 1 aromatic rings. The summed E-state index contributed by atoms with van der Waals surface area (Å²) in [7, 11) is 0. The van der Waals surface area contributed by atoms with Gasteiger partial charge in [-0.1, -0.05) is 0 Å². The third kappa shape index (κ3) is 2.77. The Morgan fingerprint density at radius 1 is 1.44 bits per heavy atom. The number of rotatable bonds is 4. The lowest BCUT2D eigenvalue weighted by Gasteiger charge is -2.37. The van der Waals surface area contributed by atoms with E-state index in [2.05, 4.69) is 10.3 Å². The van der Waals surface area contributed by atoms with E-state index in [0.29, 0.717) is 31.1 Å². The molecular weight excluding hydrogens is 232 g/mol. The molecule has 0 aliphatic carbocycles. The first kappa shape index (κ1) is 12.8. The van der Waals surface area contributed by atoms with E-state index in [0.717, 1.165) is 12.8 Å². The first-order chi connectivity index (χ1) is 8.65. The van der Waals surface area contributed by atoms with Crippen molar-refractivity contribution in [2.75, 3.05) is 25.1 Å². The molecule has 0 bridgehead atoms. The van der Waals surface area contributed by atoms with Crippen LogP contribution in [-0.4, -0.2) is 36.2 Å². The molecule has 0 atom stereocenters. The Morgan fingerprint density at radius 2 is 2.17 bits per heavy atom. The molecule has 6 heteroatoms. The fourth-order valence-corrected chi connectivity index (χ4v) is 2.03. The molecule has 18 heavy (non-hydrogen) atoms. The quantitative estimate of drug-likeness (QED) is 0.703. The Bertz CT molecular complexity index is 413. The molecule has 98 valence electrons. The normalized spacial score (nSPS) is 18.3. The molecule has 0 aromatic carbocycles. The maximum absolute atomic E-state index is 10.9. The fourth-order valence-electron chi connectivity index (χ4n) is 2.03. The molecule has 0 unspecified atom stereocenters. The zero-order valence-electron chi connectivity index (χ0n) is 10.2. The van der Waals surface area contributed by atoms with Gasteiger partial charge in [-0.25, -0.2) is 4.98 Å². The second-order valence-electron chi connectivity index (χ2n) is 4.52. The number of nitrogens with two attached hydrogens (primary N) is 2. The number of hydrogen-bond acceptors (Lipinski definition) is 5. The minimum atomic E-state index is -0.478. The topological polar surface area (TPSA) is 103 Å². The number of carbonyl (C=O) groups excluding carboxylic acids is 1. The highest BCUT2D eigenvalue weighted by atomic mass is 16.5. The van der Waals surface area contributed by atoms with Crippen LogP contribution in [0.1, 0.15) is 23.2 Å². The van der Waals surface area contributed by atoms with Gasteiger partial charge in [0.25, 0.3) is 0 Å². The van der Waals surface area contributed by atoms with Crippen LogP contribution >= 0.6 is 0 Å². The Balaban J connectivity index is 2.09. The molecule has 0 saturated carbocycles. The Kier molecular flexibility index (Phi) is 3.78. The minimum absolute atomic E-state index is 0.167. The van der Waals surface area contributed by atoms with Crippen molar-refractivity contribution in [3.63, 3.8) is 0 Å². The van der Waals surface area contributed by atoms with Gasteiger partial charge in [0, 0.05) is 26.0 Å². The van der Waals surface area contributed by atoms with Gasteiger partial charge >= 0.3 is 0 Å². The molecule has 1 aliphatic rings. The molecule has 1 amide bonds. The highest BCUT2D eigenvalue weighted by molar-refractivity contribution is 5.92. The molecule has 1 aromatic heterocycles. The van der Waals surface area contributed by atoms with Crippen LogP contribution in [0.3, 0.4) is 0 Å². The third-order valence-corrected chi connectivity index (χ3v) is 3.28. The Hall–Kier alpha value is -1.66. The molecule has 2 rings (SSSR count). The summed E-state index contributed by atoms with van der Waals surface area (Å²) in [6.07, 6.45) is 3.17. The largest absolute Gasteiger partial charge is 0.381 e. The van der Waals surface area contributed by atoms with Crippen LogP contribution in [0.4, 0.5) is 5.82 Å². The van der Waals surface area contributed by atoms with Gasteiger partial charge in [-0.05, 0) is 25.0 Å². The zero-order valence-corrected chi connectivity index (χ0v) is 10.2. The van der Waals surface area contributed by atoms with Crippen molar-refractivity contribution in [1.82, 2.24) is 4.98 Å². The first-order valence-corrected chi connectivity index (χ1v) is 5.97. The number of amides is 1. The van der Waals surface area contributed by atoms with Gasteiger partial charge in [0.1, 0.15) is 5.82 Å². The molecule has 0 radical (unpaired) electrons. The average molecular weight is 250 g/mol. The smallest absolute Gasteiger partial charge is 0.250 e. The summed E-state index contributed by atoms with van der Waals surface area (Å²) >= 11 is 0. The maximum Gasteiger partial charge on any atom is 0.250 e. The van der Waals surface area contributed by atoms with Gasteiger partial charge < -0.3 is 21.5 Å². The van der Waals surface area contributed by atoms with Gasteiger partial charge in [0.15, 0.2) is 0 Å². The number of primary amides is 1. The van der Waals surface area contributed by atoms with Crippen LogP contribution in [0, 0.1) is 0 Å². The number of nitrogens with one attached hydrogen (secondary N) is 1. The maximum atomic E-state index is 10.9. The summed E-state index contributed by atoms with van der Waals surface area (Å²) < 4.78 is 5.34. The van der Waals surface area contributed by atoms with Crippen LogP contribution in [-0.2, 0) is 4.74 Å². The van der Waals surface area contributed by atoms with Gasteiger partial charge in [0.05, 0.1) is 11.1 Å². The summed E-state index contributed by atoms with van der Waals surface area (Å²) in [4.78, 5) is 15.1. The summed E-state index contributed by atoms with van der Waals surface area (Å²) in [6.45, 7) is 1.92. The molecule has 5 N–H and O–H groups in total. The van der Waals surface area contributed by atoms with E-state index in [4.69, 9.17) is 16.2 Å². The predicted molar refractivity (Wildman–Crippen MR) is 68.2 cm³/mol. The lowest BCUT2D eigenvalue weighted by molar-refractivity contribution is 0.0627. The van der Waals surface area contributed by atoms with E-state index in [1.54, 1.807) is 12.1 Å². The lowest BCUT2D eigenvalue weighted by atomic mass is 9.90. The van der Waals surface area contributed by atoms with Gasteiger partial charge in [-0.2, -0.15) is 0 Å². The summed E-state index contributed by atoms with van der Waals surface area (Å²) in [5.74, 6) is 0.223. The van der Waals surface area contributed by atoms with Crippen LogP contribution in [0.15, 0.2) is 18.3 Å². The SMILES string of the molecule is NCC1(Nc2ccc(C(N)=O)cn2)CCOCC1. The van der Waals surface area contributed by atoms with E-state index >= 15 is 0 Å². The van der Waals surface area contributed by atoms with Crippen molar-refractivity contribution < 1.29 is 9.53 Å². The van der Waals surface area contributed by atoms with Crippen molar-refractivity contribution in [1.29, 1.82) is 0 Å². The number of ether oxygens (including phenoxy) is 1. The van der Waals surface area contributed by atoms with E-state index < -0.39 is 5.91 Å². The van der Waals surface area contributed by atoms with E-state index in [1.807, 2.05) is 0 Å². The summed E-state index contributed by atoms with van der Waals surface area (Å²) in [5.41, 5.74) is 11.2. The van der Waals surface area contributed by atoms with E-state index in [1.165, 1.54) is 6.20 Å². The molecule has 2 heterocycles. The molecule has 1 saturated heterocycles. The van der Waals surface area contributed by atoms with Crippen LogP contribution in [0.25, 0.3) is 0 Å². The average Bonchev–Trinajstić information content (AvgIpc) is 2.40. The van der Waals surface area contributed by atoms with Crippen molar-refractivity contribution >= 4 is 11.7 Å². The second-order valence-corrected chi connectivity index (χ2v) is 4.52. The number of nitrogens with zero attached hydrogens (tertiary/aromatic N) is 1. The van der Waals surface area contributed by atoms with E-state index in [-0.39, 0.29) is 5.54 Å². The van der Waals surface area contributed by atoms with Gasteiger partial charge in [-0.3, -0.25) is 4.79 Å². The fraction of sp³-hybridized carbons (Fsp3) is 0.500. The second kappa shape index (κ2) is 5.32. The van der Waals surface area contributed by atoms with Gasteiger partial charge in [0.2, 0.25) is 5.91 Å². The number of pyridine rings is 1. The number of aromatic nitrogens is 1. The van der Waals surface area contributed by atoms with Crippen molar-refractivity contribution in [3.8, 4) is 0 Å². The van der Waals surface area contributed by atoms with Crippen molar-refractivity contribution in [3.05, 3.63) is 23.9 Å². The van der Waals surface area contributed by atoms with Crippen LogP contribution in [0.2, 0.25) is 0 Å². The number of anilines is 1. The molecule has 1 aliphatic heterocycles.